The highest BCUT2D eigenvalue weighted by Crippen LogP contribution is 2.16. The topological polar surface area (TPSA) is 92.3 Å². The smallest absolute Gasteiger partial charge is 0.341 e. The first-order valence-electron chi connectivity index (χ1n) is 6.62. The number of benzene rings is 1. The van der Waals surface area contributed by atoms with Gasteiger partial charge in [0, 0.05) is 11.9 Å². The summed E-state index contributed by atoms with van der Waals surface area (Å²) in [4.78, 5) is 23.1. The van der Waals surface area contributed by atoms with Crippen LogP contribution in [-0.2, 0) is 0 Å². The van der Waals surface area contributed by atoms with Crippen molar-refractivity contribution in [1.82, 2.24) is 4.57 Å². The molecule has 112 valence electrons. The quantitative estimate of drug-likeness (QED) is 0.913. The fraction of sp³-hybridized carbons (Fsp3) is 0.188. The molecule has 0 spiro atoms. The van der Waals surface area contributed by atoms with Crippen LogP contribution in [0.2, 0.25) is 0 Å². The van der Waals surface area contributed by atoms with Gasteiger partial charge in [-0.15, -0.1) is 0 Å². The number of nitriles is 1. The number of carbonyl (C=O) groups is 1. The molecule has 0 bridgehead atoms. The fourth-order valence-corrected chi connectivity index (χ4v) is 1.95. The van der Waals surface area contributed by atoms with Crippen molar-refractivity contribution in [3.05, 3.63) is 58.5 Å². The van der Waals surface area contributed by atoms with Gasteiger partial charge < -0.3 is 9.84 Å². The third kappa shape index (κ3) is 3.33. The molecule has 6 nitrogen and oxygen atoms in total. The van der Waals surface area contributed by atoms with E-state index < -0.39 is 11.5 Å². The SMILES string of the molecule is CC(CC#N)Oc1ccc(-n2cccc(C(=O)O)c2=O)cc1. The molecule has 1 unspecified atom stereocenters. The molecule has 22 heavy (non-hydrogen) atoms. The second-order valence-corrected chi connectivity index (χ2v) is 4.69. The summed E-state index contributed by atoms with van der Waals surface area (Å²) >= 11 is 0. The molecule has 0 aliphatic rings. The molecule has 1 aromatic heterocycles. The second kappa shape index (κ2) is 6.59. The monoisotopic (exact) mass is 298 g/mol. The first kappa shape index (κ1) is 15.3. The molecule has 1 atom stereocenters. The van der Waals surface area contributed by atoms with Crippen LogP contribution in [0.15, 0.2) is 47.4 Å². The summed E-state index contributed by atoms with van der Waals surface area (Å²) in [5.41, 5.74) is -0.347. The van der Waals surface area contributed by atoms with Crippen LogP contribution in [0.4, 0.5) is 0 Å². The van der Waals surface area contributed by atoms with Gasteiger partial charge in [-0.3, -0.25) is 9.36 Å². The predicted octanol–water partition coefficient (Wildman–Crippen LogP) is 2.22. The molecule has 1 N–H and O–H groups in total. The molecule has 0 fully saturated rings. The van der Waals surface area contributed by atoms with Crippen molar-refractivity contribution in [2.45, 2.75) is 19.4 Å². The molecule has 0 radical (unpaired) electrons. The minimum atomic E-state index is -1.26. The lowest BCUT2D eigenvalue weighted by Crippen LogP contribution is -2.24. The van der Waals surface area contributed by atoms with Gasteiger partial charge in [-0.2, -0.15) is 5.26 Å². The number of ether oxygens (including phenoxy) is 1. The van der Waals surface area contributed by atoms with Crippen molar-refractivity contribution < 1.29 is 14.6 Å². The number of nitrogens with zero attached hydrogens (tertiary/aromatic N) is 2. The lowest BCUT2D eigenvalue weighted by Gasteiger charge is -2.12. The number of rotatable bonds is 5. The Morgan fingerprint density at radius 3 is 2.64 bits per heavy atom. The van der Waals surface area contributed by atoms with Crippen molar-refractivity contribution in [3.8, 4) is 17.5 Å². The van der Waals surface area contributed by atoms with E-state index in [1.807, 2.05) is 6.07 Å². The van der Waals surface area contributed by atoms with Crippen molar-refractivity contribution in [1.29, 1.82) is 5.26 Å². The highest BCUT2D eigenvalue weighted by atomic mass is 16.5. The average molecular weight is 298 g/mol. The Balaban J connectivity index is 2.28. The number of aromatic nitrogens is 1. The molecular formula is C16H14N2O4. The maximum Gasteiger partial charge on any atom is 0.341 e. The Labute approximate surface area is 126 Å². The van der Waals surface area contributed by atoms with Crippen molar-refractivity contribution >= 4 is 5.97 Å². The van der Waals surface area contributed by atoms with Crippen LogP contribution >= 0.6 is 0 Å². The molecule has 1 heterocycles. The Bertz CT molecular complexity index is 772. The van der Waals surface area contributed by atoms with Gasteiger partial charge >= 0.3 is 5.97 Å². The van der Waals surface area contributed by atoms with E-state index in [0.29, 0.717) is 11.4 Å². The summed E-state index contributed by atoms with van der Waals surface area (Å²) < 4.78 is 6.79. The van der Waals surface area contributed by atoms with Crippen LogP contribution in [0.1, 0.15) is 23.7 Å². The summed E-state index contributed by atoms with van der Waals surface area (Å²) in [7, 11) is 0. The summed E-state index contributed by atoms with van der Waals surface area (Å²) in [6.45, 7) is 1.79. The van der Waals surface area contributed by atoms with E-state index in [0.717, 1.165) is 0 Å². The fourth-order valence-electron chi connectivity index (χ4n) is 1.95. The first-order chi connectivity index (χ1) is 10.5. The number of carboxylic acids is 1. The standard InChI is InChI=1S/C16H14N2O4/c1-11(8-9-17)22-13-6-4-12(5-7-13)18-10-2-3-14(15(18)19)16(20)21/h2-7,10-11H,8H2,1H3,(H,20,21). The molecule has 0 aliphatic heterocycles. The van der Waals surface area contributed by atoms with E-state index in [2.05, 4.69) is 0 Å². The van der Waals surface area contributed by atoms with E-state index in [-0.39, 0.29) is 18.1 Å². The molecule has 1 aromatic carbocycles. The summed E-state index contributed by atoms with van der Waals surface area (Å²) in [6, 6.07) is 11.4. The van der Waals surface area contributed by atoms with Crippen molar-refractivity contribution in [2.75, 3.05) is 0 Å². The molecular weight excluding hydrogens is 284 g/mol. The van der Waals surface area contributed by atoms with Gasteiger partial charge in [0.05, 0.1) is 12.5 Å². The summed E-state index contributed by atoms with van der Waals surface area (Å²) in [5.74, 6) is -0.682. The minimum absolute atomic E-state index is 0.228. The second-order valence-electron chi connectivity index (χ2n) is 4.69. The highest BCUT2D eigenvalue weighted by Gasteiger charge is 2.11. The van der Waals surface area contributed by atoms with E-state index >= 15 is 0 Å². The van der Waals surface area contributed by atoms with Gasteiger partial charge in [0.25, 0.3) is 5.56 Å². The molecule has 2 rings (SSSR count). The zero-order valence-corrected chi connectivity index (χ0v) is 11.9. The number of hydrogen-bond acceptors (Lipinski definition) is 4. The first-order valence-corrected chi connectivity index (χ1v) is 6.62. The van der Waals surface area contributed by atoms with Crippen LogP contribution in [0.25, 0.3) is 5.69 Å². The summed E-state index contributed by atoms with van der Waals surface area (Å²) in [6.07, 6.45) is 1.55. The summed E-state index contributed by atoms with van der Waals surface area (Å²) in [5, 5.41) is 17.6. The van der Waals surface area contributed by atoms with Crippen LogP contribution < -0.4 is 10.3 Å². The van der Waals surface area contributed by atoms with Crippen LogP contribution in [0, 0.1) is 11.3 Å². The normalized spacial score (nSPS) is 11.5. The maximum atomic E-state index is 12.1. The van der Waals surface area contributed by atoms with Gasteiger partial charge in [-0.1, -0.05) is 0 Å². The maximum absolute atomic E-state index is 12.1. The van der Waals surface area contributed by atoms with Gasteiger partial charge in [-0.25, -0.2) is 4.79 Å². The Hall–Kier alpha value is -3.07. The van der Waals surface area contributed by atoms with Crippen LogP contribution in [0.5, 0.6) is 5.75 Å². The third-order valence-corrected chi connectivity index (χ3v) is 3.01. The number of pyridine rings is 1. The zero-order chi connectivity index (χ0) is 16.1. The van der Waals surface area contributed by atoms with E-state index in [1.54, 1.807) is 31.2 Å². The average Bonchev–Trinajstić information content (AvgIpc) is 2.48. The molecule has 2 aromatic rings. The molecule has 0 saturated heterocycles. The highest BCUT2D eigenvalue weighted by molar-refractivity contribution is 5.87. The Morgan fingerprint density at radius 2 is 2.05 bits per heavy atom. The third-order valence-electron chi connectivity index (χ3n) is 3.01. The van der Waals surface area contributed by atoms with Gasteiger partial charge in [-0.05, 0) is 43.3 Å². The van der Waals surface area contributed by atoms with Crippen molar-refractivity contribution in [2.24, 2.45) is 0 Å². The lowest BCUT2D eigenvalue weighted by molar-refractivity contribution is 0.0694. The zero-order valence-electron chi connectivity index (χ0n) is 11.9. The lowest BCUT2D eigenvalue weighted by atomic mass is 10.2. The minimum Gasteiger partial charge on any atom is -0.490 e. The van der Waals surface area contributed by atoms with Crippen LogP contribution in [-0.4, -0.2) is 21.7 Å². The number of carboxylic acid groups (broad SMARTS) is 1. The van der Waals surface area contributed by atoms with Gasteiger partial charge in [0.2, 0.25) is 0 Å². The number of aromatic carboxylic acids is 1. The molecule has 0 aliphatic carbocycles. The van der Waals surface area contributed by atoms with E-state index in [4.69, 9.17) is 15.1 Å². The predicted molar refractivity (Wildman–Crippen MR) is 79.3 cm³/mol. The van der Waals surface area contributed by atoms with Crippen molar-refractivity contribution in [3.63, 3.8) is 0 Å². The van der Waals surface area contributed by atoms with Gasteiger partial charge in [0.1, 0.15) is 17.4 Å². The Morgan fingerprint density at radius 1 is 1.36 bits per heavy atom. The molecule has 6 heteroatoms. The van der Waals surface area contributed by atoms with Crippen LogP contribution in [0.3, 0.4) is 0 Å². The van der Waals surface area contributed by atoms with E-state index in [1.165, 1.54) is 22.9 Å². The van der Waals surface area contributed by atoms with E-state index in [9.17, 15) is 9.59 Å². The van der Waals surface area contributed by atoms with Gasteiger partial charge in [0.15, 0.2) is 0 Å². The molecule has 0 amide bonds. The molecule has 0 saturated carbocycles. The Kier molecular flexibility index (Phi) is 4.59. The largest absolute Gasteiger partial charge is 0.490 e. The number of hydrogen-bond donors (Lipinski definition) is 1.